The first-order valence-electron chi connectivity index (χ1n) is 11.2. The Kier molecular flexibility index (Phi) is 7.30. The van der Waals surface area contributed by atoms with E-state index in [0.717, 1.165) is 0 Å². The lowest BCUT2D eigenvalue weighted by Gasteiger charge is -2.27. The molecule has 3 aromatic carbocycles. The van der Waals surface area contributed by atoms with Crippen LogP contribution < -0.4 is 19.8 Å². The van der Waals surface area contributed by atoms with Gasteiger partial charge >= 0.3 is 0 Å². The number of benzene rings is 3. The van der Waals surface area contributed by atoms with Gasteiger partial charge in [0.1, 0.15) is 23.1 Å². The Morgan fingerprint density at radius 3 is 2.28 bits per heavy atom. The van der Waals surface area contributed by atoms with Crippen LogP contribution in [0.5, 0.6) is 17.2 Å². The van der Waals surface area contributed by atoms with Gasteiger partial charge in [-0.3, -0.25) is 14.2 Å². The molecule has 0 N–H and O–H groups in total. The maximum atomic E-state index is 13.8. The van der Waals surface area contributed by atoms with Crippen LogP contribution in [0.4, 0.5) is 0 Å². The van der Waals surface area contributed by atoms with Crippen LogP contribution in [0.25, 0.3) is 16.6 Å². The molecule has 0 saturated heterocycles. The fourth-order valence-corrected chi connectivity index (χ4v) is 4.51. The van der Waals surface area contributed by atoms with Crippen molar-refractivity contribution in [3.05, 3.63) is 86.9 Å². The van der Waals surface area contributed by atoms with Crippen LogP contribution in [0.15, 0.2) is 69.9 Å². The summed E-state index contributed by atoms with van der Waals surface area (Å²) >= 11 is 3.58. The summed E-state index contributed by atoms with van der Waals surface area (Å²) in [7, 11) is 6.33. The van der Waals surface area contributed by atoms with Crippen LogP contribution in [0.1, 0.15) is 29.1 Å². The van der Waals surface area contributed by atoms with Crippen molar-refractivity contribution in [3.8, 4) is 22.9 Å². The Morgan fingerprint density at radius 2 is 1.64 bits per heavy atom. The van der Waals surface area contributed by atoms with Gasteiger partial charge in [0.15, 0.2) is 0 Å². The van der Waals surface area contributed by atoms with Gasteiger partial charge in [-0.25, -0.2) is 4.98 Å². The summed E-state index contributed by atoms with van der Waals surface area (Å²) in [6, 6.07) is 16.9. The third-order valence-corrected chi connectivity index (χ3v) is 6.90. The van der Waals surface area contributed by atoms with Crippen molar-refractivity contribution in [2.45, 2.75) is 13.0 Å². The number of carbonyl (C=O) groups is 1. The number of nitrogens with zero attached hydrogens (tertiary/aromatic N) is 3. The summed E-state index contributed by atoms with van der Waals surface area (Å²) in [6.07, 6.45) is 0. The molecule has 0 aliphatic heterocycles. The molecule has 1 heterocycles. The molecule has 186 valence electrons. The average Bonchev–Trinajstić information content (AvgIpc) is 2.92. The first-order valence-corrected chi connectivity index (χ1v) is 11.9. The minimum absolute atomic E-state index is 0.221. The van der Waals surface area contributed by atoms with E-state index >= 15 is 0 Å². The molecular formula is C27H26BrN3O5. The molecule has 4 aromatic rings. The van der Waals surface area contributed by atoms with E-state index in [0.29, 0.717) is 49.7 Å². The predicted molar refractivity (Wildman–Crippen MR) is 142 cm³/mol. The molecule has 9 heteroatoms. The first kappa shape index (κ1) is 25.2. The Bertz CT molecular complexity index is 1480. The van der Waals surface area contributed by atoms with E-state index in [1.165, 1.54) is 11.7 Å². The number of hydrogen-bond donors (Lipinski definition) is 0. The molecule has 0 aliphatic carbocycles. The van der Waals surface area contributed by atoms with Crippen molar-refractivity contribution in [1.29, 1.82) is 0 Å². The number of para-hydroxylation sites is 1. The third-order valence-electron chi connectivity index (χ3n) is 6.10. The van der Waals surface area contributed by atoms with E-state index in [1.807, 2.05) is 13.0 Å². The van der Waals surface area contributed by atoms with Gasteiger partial charge in [0.2, 0.25) is 0 Å². The van der Waals surface area contributed by atoms with Crippen LogP contribution in [-0.4, -0.2) is 48.7 Å². The van der Waals surface area contributed by atoms with Crippen LogP contribution in [0.3, 0.4) is 0 Å². The van der Waals surface area contributed by atoms with Crippen LogP contribution >= 0.6 is 15.9 Å². The van der Waals surface area contributed by atoms with Crippen molar-refractivity contribution in [2.75, 3.05) is 28.4 Å². The molecule has 1 aromatic heterocycles. The SMILES string of the molecule is COc1ccc(C(=O)N(C)C(C)c2nc3ccccc3c(=O)n2-c2cc(OC)cc(OC)c2Br)cc1. The summed E-state index contributed by atoms with van der Waals surface area (Å²) in [4.78, 5) is 33.6. The van der Waals surface area contributed by atoms with Gasteiger partial charge in [0.05, 0.1) is 48.4 Å². The fraction of sp³-hybridized carbons (Fsp3) is 0.222. The van der Waals surface area contributed by atoms with Crippen molar-refractivity contribution >= 4 is 32.7 Å². The zero-order valence-electron chi connectivity index (χ0n) is 20.6. The lowest BCUT2D eigenvalue weighted by molar-refractivity contribution is 0.0735. The van der Waals surface area contributed by atoms with E-state index in [9.17, 15) is 9.59 Å². The molecule has 0 fully saturated rings. The molecule has 0 spiro atoms. The number of methoxy groups -OCH3 is 3. The number of ether oxygens (including phenoxy) is 3. The number of hydrogen-bond acceptors (Lipinski definition) is 6. The largest absolute Gasteiger partial charge is 0.497 e. The molecular weight excluding hydrogens is 526 g/mol. The van der Waals surface area contributed by atoms with E-state index < -0.39 is 6.04 Å². The summed E-state index contributed by atoms with van der Waals surface area (Å²) in [6.45, 7) is 1.83. The Balaban J connectivity index is 1.92. The second-order valence-corrected chi connectivity index (χ2v) is 8.90. The van der Waals surface area contributed by atoms with Crippen molar-refractivity contribution < 1.29 is 19.0 Å². The molecule has 8 nitrogen and oxygen atoms in total. The summed E-state index contributed by atoms with van der Waals surface area (Å²) in [5.74, 6) is 1.82. The lowest BCUT2D eigenvalue weighted by atomic mass is 10.1. The monoisotopic (exact) mass is 551 g/mol. The van der Waals surface area contributed by atoms with Gasteiger partial charge < -0.3 is 19.1 Å². The van der Waals surface area contributed by atoms with Gasteiger partial charge in [-0.05, 0) is 59.3 Å². The molecule has 36 heavy (non-hydrogen) atoms. The Labute approximate surface area is 217 Å². The number of fused-ring (bicyclic) bond motifs is 1. The second kappa shape index (κ2) is 10.4. The summed E-state index contributed by atoms with van der Waals surface area (Å²) in [5, 5.41) is 0.450. The first-order chi connectivity index (χ1) is 17.3. The Hall–Kier alpha value is -3.85. The molecule has 0 radical (unpaired) electrons. The summed E-state index contributed by atoms with van der Waals surface area (Å²) in [5.41, 5.74) is 1.24. The van der Waals surface area contributed by atoms with E-state index in [2.05, 4.69) is 15.9 Å². The number of amides is 1. The van der Waals surface area contributed by atoms with Crippen molar-refractivity contribution in [2.24, 2.45) is 0 Å². The van der Waals surface area contributed by atoms with Crippen LogP contribution in [0, 0.1) is 0 Å². The van der Waals surface area contributed by atoms with Gasteiger partial charge in [-0.1, -0.05) is 12.1 Å². The molecule has 4 rings (SSSR count). The molecule has 0 aliphatic rings. The smallest absolute Gasteiger partial charge is 0.266 e. The standard InChI is InChI=1S/C27H26BrN3O5/c1-16(30(2)26(32)17-10-12-18(34-3)13-11-17)25-29-21-9-7-6-8-20(21)27(33)31(25)22-14-19(35-4)15-23(36-5)24(22)28/h6-16H,1-5H3. The molecule has 0 bridgehead atoms. The van der Waals surface area contributed by atoms with E-state index in [4.69, 9.17) is 19.2 Å². The van der Waals surface area contributed by atoms with Crippen LogP contribution in [0.2, 0.25) is 0 Å². The topological polar surface area (TPSA) is 82.9 Å². The number of rotatable bonds is 7. The Morgan fingerprint density at radius 1 is 0.972 bits per heavy atom. The third kappa shape index (κ3) is 4.54. The zero-order valence-corrected chi connectivity index (χ0v) is 22.2. The maximum Gasteiger partial charge on any atom is 0.266 e. The minimum Gasteiger partial charge on any atom is -0.497 e. The number of aromatic nitrogens is 2. The van der Waals surface area contributed by atoms with Crippen molar-refractivity contribution in [3.63, 3.8) is 0 Å². The quantitative estimate of drug-likeness (QED) is 0.321. The second-order valence-electron chi connectivity index (χ2n) is 8.11. The number of carbonyl (C=O) groups excluding carboxylic acids is 1. The molecule has 0 saturated carbocycles. The van der Waals surface area contributed by atoms with Crippen LogP contribution in [-0.2, 0) is 0 Å². The van der Waals surface area contributed by atoms with Gasteiger partial charge in [-0.2, -0.15) is 0 Å². The summed E-state index contributed by atoms with van der Waals surface area (Å²) < 4.78 is 18.2. The van der Waals surface area contributed by atoms with E-state index in [1.54, 1.807) is 80.8 Å². The molecule has 1 amide bonds. The zero-order chi connectivity index (χ0) is 26.0. The minimum atomic E-state index is -0.569. The average molecular weight is 552 g/mol. The molecule has 1 unspecified atom stereocenters. The normalized spacial score (nSPS) is 11.7. The van der Waals surface area contributed by atoms with Crippen molar-refractivity contribution in [1.82, 2.24) is 14.5 Å². The fourth-order valence-electron chi connectivity index (χ4n) is 3.94. The predicted octanol–water partition coefficient (Wildman–Crippen LogP) is 5.01. The van der Waals surface area contributed by atoms with Gasteiger partial charge in [0.25, 0.3) is 11.5 Å². The highest BCUT2D eigenvalue weighted by atomic mass is 79.9. The number of halogens is 1. The van der Waals surface area contributed by atoms with Gasteiger partial charge in [-0.15, -0.1) is 0 Å². The molecule has 1 atom stereocenters. The maximum absolute atomic E-state index is 13.8. The lowest BCUT2D eigenvalue weighted by Crippen LogP contribution is -2.35. The highest BCUT2D eigenvalue weighted by molar-refractivity contribution is 9.10. The highest BCUT2D eigenvalue weighted by Gasteiger charge is 2.26. The van der Waals surface area contributed by atoms with Gasteiger partial charge in [0, 0.05) is 24.7 Å². The van der Waals surface area contributed by atoms with E-state index in [-0.39, 0.29) is 11.5 Å². The highest BCUT2D eigenvalue weighted by Crippen LogP contribution is 2.37.